The van der Waals surface area contributed by atoms with Crippen LogP contribution in [-0.4, -0.2) is 22.1 Å². The van der Waals surface area contributed by atoms with Crippen LogP contribution in [-0.2, 0) is 19.6 Å². The molecule has 0 radical (unpaired) electrons. The van der Waals surface area contributed by atoms with Gasteiger partial charge in [0.25, 0.3) is 0 Å². The van der Waals surface area contributed by atoms with E-state index < -0.39 is 17.7 Å². The molecule has 4 nitrogen and oxygen atoms in total. The lowest BCUT2D eigenvalue weighted by atomic mass is 9.91. The van der Waals surface area contributed by atoms with Crippen molar-refractivity contribution >= 4 is 40.3 Å². The van der Waals surface area contributed by atoms with Crippen LogP contribution in [0.25, 0.3) is 10.6 Å². The summed E-state index contributed by atoms with van der Waals surface area (Å²) >= 11 is 13.6. The van der Waals surface area contributed by atoms with Crippen molar-refractivity contribution in [2.24, 2.45) is 18.7 Å². The number of hydrogen-bond donors (Lipinski definition) is 1. The SMILES string of the molecule is Cn1ncc(Cl)c1-c1sc(C(=O)C[C@H](CN)Cc2ccccc2C(F)(F)F)cc1Cl. The fraction of sp³-hybridized carbons (Fsp3) is 0.300. The van der Waals surface area contributed by atoms with Crippen molar-refractivity contribution in [2.45, 2.75) is 19.0 Å². The van der Waals surface area contributed by atoms with E-state index in [0.717, 1.165) is 6.07 Å². The number of ketones is 1. The van der Waals surface area contributed by atoms with Gasteiger partial charge in [-0.2, -0.15) is 18.3 Å². The van der Waals surface area contributed by atoms with Crippen molar-refractivity contribution in [1.29, 1.82) is 0 Å². The lowest BCUT2D eigenvalue weighted by molar-refractivity contribution is -0.138. The van der Waals surface area contributed by atoms with E-state index in [1.54, 1.807) is 23.9 Å². The molecule has 3 aromatic rings. The molecule has 0 spiro atoms. The van der Waals surface area contributed by atoms with Gasteiger partial charge < -0.3 is 5.73 Å². The molecule has 10 heteroatoms. The van der Waals surface area contributed by atoms with Crippen molar-refractivity contribution in [2.75, 3.05) is 6.54 Å². The monoisotopic (exact) mass is 475 g/mol. The number of hydrogen-bond acceptors (Lipinski definition) is 4. The highest BCUT2D eigenvalue weighted by molar-refractivity contribution is 7.18. The summed E-state index contributed by atoms with van der Waals surface area (Å²) in [6.45, 7) is 0.0808. The summed E-state index contributed by atoms with van der Waals surface area (Å²) in [5.41, 5.74) is 5.79. The van der Waals surface area contributed by atoms with Gasteiger partial charge in [0, 0.05) is 13.5 Å². The second-order valence-electron chi connectivity index (χ2n) is 6.84. The maximum Gasteiger partial charge on any atom is 0.416 e. The molecule has 3 rings (SSSR count). The molecule has 0 saturated heterocycles. The third kappa shape index (κ3) is 4.88. The number of rotatable bonds is 7. The molecule has 0 saturated carbocycles. The van der Waals surface area contributed by atoms with E-state index in [-0.39, 0.29) is 30.7 Å². The van der Waals surface area contributed by atoms with Crippen LogP contribution in [0.2, 0.25) is 10.0 Å². The van der Waals surface area contributed by atoms with Gasteiger partial charge in [-0.05, 0) is 36.6 Å². The lowest BCUT2D eigenvalue weighted by Gasteiger charge is -2.17. The van der Waals surface area contributed by atoms with E-state index in [9.17, 15) is 18.0 Å². The van der Waals surface area contributed by atoms with Crippen LogP contribution in [0.15, 0.2) is 36.5 Å². The Morgan fingerprint density at radius 2 is 1.97 bits per heavy atom. The summed E-state index contributed by atoms with van der Waals surface area (Å²) in [6.07, 6.45) is -2.91. The Hall–Kier alpha value is -1.87. The molecule has 0 aliphatic rings. The number of aryl methyl sites for hydroxylation is 1. The highest BCUT2D eigenvalue weighted by Crippen LogP contribution is 2.40. The number of carbonyl (C=O) groups excluding carboxylic acids is 1. The number of halogens is 5. The summed E-state index contributed by atoms with van der Waals surface area (Å²) in [6, 6.07) is 6.88. The van der Waals surface area contributed by atoms with Gasteiger partial charge in [0.1, 0.15) is 0 Å². The molecule has 160 valence electrons. The Bertz CT molecular complexity index is 1040. The van der Waals surface area contributed by atoms with E-state index >= 15 is 0 Å². The Kier molecular flexibility index (Phi) is 6.91. The van der Waals surface area contributed by atoms with Gasteiger partial charge in [0.2, 0.25) is 0 Å². The second-order valence-corrected chi connectivity index (χ2v) is 8.71. The summed E-state index contributed by atoms with van der Waals surface area (Å²) in [5.74, 6) is -0.669. The molecular formula is C20H18Cl2F3N3OS. The maximum absolute atomic E-state index is 13.2. The number of carbonyl (C=O) groups is 1. The Labute approximate surface area is 185 Å². The van der Waals surface area contributed by atoms with Gasteiger partial charge in [-0.1, -0.05) is 41.4 Å². The number of thiophene rings is 1. The minimum Gasteiger partial charge on any atom is -0.330 e. The number of nitrogens with two attached hydrogens (primary N) is 1. The summed E-state index contributed by atoms with van der Waals surface area (Å²) < 4.78 is 41.3. The van der Waals surface area contributed by atoms with Crippen LogP contribution in [0.4, 0.5) is 13.2 Å². The fourth-order valence-electron chi connectivity index (χ4n) is 3.22. The van der Waals surface area contributed by atoms with Crippen LogP contribution >= 0.6 is 34.5 Å². The van der Waals surface area contributed by atoms with Crippen molar-refractivity contribution < 1.29 is 18.0 Å². The molecule has 2 heterocycles. The van der Waals surface area contributed by atoms with E-state index in [2.05, 4.69) is 5.10 Å². The van der Waals surface area contributed by atoms with Crippen molar-refractivity contribution in [3.63, 3.8) is 0 Å². The molecule has 30 heavy (non-hydrogen) atoms. The number of alkyl halides is 3. The summed E-state index contributed by atoms with van der Waals surface area (Å²) in [7, 11) is 1.71. The Balaban J connectivity index is 1.80. The molecule has 1 aromatic carbocycles. The van der Waals surface area contributed by atoms with Crippen LogP contribution in [0.1, 0.15) is 27.2 Å². The highest BCUT2D eigenvalue weighted by atomic mass is 35.5. The van der Waals surface area contributed by atoms with Gasteiger partial charge in [-0.3, -0.25) is 9.48 Å². The fourth-order valence-corrected chi connectivity index (χ4v) is 5.01. The number of Topliss-reactive ketones (excluding diaryl/α,β-unsaturated/α-hetero) is 1. The predicted molar refractivity (Wildman–Crippen MR) is 113 cm³/mol. The van der Waals surface area contributed by atoms with Gasteiger partial charge in [0.05, 0.1) is 37.3 Å². The second kappa shape index (κ2) is 9.09. The first kappa shape index (κ1) is 22.8. The van der Waals surface area contributed by atoms with Crippen molar-refractivity contribution in [3.05, 3.63) is 62.6 Å². The lowest BCUT2D eigenvalue weighted by Crippen LogP contribution is -2.22. The third-order valence-corrected chi connectivity index (χ3v) is 6.58. The van der Waals surface area contributed by atoms with Crippen molar-refractivity contribution in [3.8, 4) is 10.6 Å². The number of benzene rings is 1. The standard InChI is InChI=1S/C20H18Cl2F3N3OS/c1-28-18(15(22)10-27-28)19-14(21)8-17(30-19)16(29)7-11(9-26)6-12-4-2-3-5-13(12)20(23,24)25/h2-5,8,10-11H,6-7,9,26H2,1H3/t11-/m1/s1. The Morgan fingerprint density at radius 1 is 1.27 bits per heavy atom. The smallest absolute Gasteiger partial charge is 0.330 e. The van der Waals surface area contributed by atoms with Crippen LogP contribution < -0.4 is 5.73 Å². The molecular weight excluding hydrogens is 458 g/mol. The van der Waals surface area contributed by atoms with E-state index in [4.69, 9.17) is 28.9 Å². The quantitative estimate of drug-likeness (QED) is 0.435. The number of aromatic nitrogens is 2. The average molecular weight is 476 g/mol. The predicted octanol–water partition coefficient (Wildman–Crippen LogP) is 5.86. The Morgan fingerprint density at radius 3 is 2.57 bits per heavy atom. The molecule has 2 N–H and O–H groups in total. The zero-order valence-electron chi connectivity index (χ0n) is 15.8. The molecule has 2 aromatic heterocycles. The first-order valence-electron chi connectivity index (χ1n) is 8.97. The first-order valence-corrected chi connectivity index (χ1v) is 10.5. The average Bonchev–Trinajstić information content (AvgIpc) is 3.22. The largest absolute Gasteiger partial charge is 0.416 e. The van der Waals surface area contributed by atoms with Crippen LogP contribution in [0.5, 0.6) is 0 Å². The molecule has 0 fully saturated rings. The molecule has 0 bridgehead atoms. The van der Waals surface area contributed by atoms with Gasteiger partial charge in [-0.15, -0.1) is 11.3 Å². The van der Waals surface area contributed by atoms with Gasteiger partial charge in [0.15, 0.2) is 5.78 Å². The molecule has 1 atom stereocenters. The highest BCUT2D eigenvalue weighted by Gasteiger charge is 2.33. The minimum absolute atomic E-state index is 0.0120. The van der Waals surface area contributed by atoms with Gasteiger partial charge in [-0.25, -0.2) is 0 Å². The maximum atomic E-state index is 13.2. The molecule has 0 unspecified atom stereocenters. The topological polar surface area (TPSA) is 60.9 Å². The van der Waals surface area contributed by atoms with Crippen LogP contribution in [0.3, 0.4) is 0 Å². The summed E-state index contributed by atoms with van der Waals surface area (Å²) in [5, 5.41) is 4.83. The normalized spacial score (nSPS) is 12.9. The molecule has 0 aliphatic carbocycles. The van der Waals surface area contributed by atoms with E-state index in [0.29, 0.717) is 25.5 Å². The first-order chi connectivity index (χ1) is 14.1. The zero-order valence-corrected chi connectivity index (χ0v) is 18.2. The summed E-state index contributed by atoms with van der Waals surface area (Å²) in [4.78, 5) is 13.8. The number of nitrogens with zero attached hydrogens (tertiary/aromatic N) is 2. The third-order valence-electron chi connectivity index (χ3n) is 4.71. The van der Waals surface area contributed by atoms with Gasteiger partial charge >= 0.3 is 6.18 Å². The molecule has 0 aliphatic heterocycles. The van der Waals surface area contributed by atoms with Crippen LogP contribution in [0, 0.1) is 5.92 Å². The molecule has 0 amide bonds. The van der Waals surface area contributed by atoms with Crippen molar-refractivity contribution in [1.82, 2.24) is 9.78 Å². The van der Waals surface area contributed by atoms with E-state index in [1.807, 2.05) is 0 Å². The minimum atomic E-state index is -4.46. The zero-order chi connectivity index (χ0) is 22.1. The van der Waals surface area contributed by atoms with E-state index in [1.165, 1.54) is 29.7 Å².